The lowest BCUT2D eigenvalue weighted by atomic mass is 9.86. The van der Waals surface area contributed by atoms with Crippen LogP contribution in [0.1, 0.15) is 64.7 Å². The van der Waals surface area contributed by atoms with E-state index in [1.807, 2.05) is 13.0 Å². The third kappa shape index (κ3) is 7.19. The second-order valence-corrected chi connectivity index (χ2v) is 5.00. The maximum atomic E-state index is 11.2. The molecule has 1 fully saturated rings. The van der Waals surface area contributed by atoms with E-state index < -0.39 is 0 Å². The Hall–Kier alpha value is -0.790. The Balaban J connectivity index is 1.98. The number of hydrogen-bond acceptors (Lipinski definition) is 2. The number of allylic oxidation sites excluding steroid dienone is 1. The monoisotopic (exact) mass is 238 g/mol. The fourth-order valence-electron chi connectivity index (χ4n) is 2.43. The number of rotatable bonds is 7. The summed E-state index contributed by atoms with van der Waals surface area (Å²) in [6.45, 7) is 2.53. The number of carbonyl (C=O) groups is 1. The molecule has 0 aromatic carbocycles. The van der Waals surface area contributed by atoms with E-state index in [0.717, 1.165) is 18.8 Å². The molecule has 0 radical (unpaired) electrons. The minimum Gasteiger partial charge on any atom is -0.463 e. The summed E-state index contributed by atoms with van der Waals surface area (Å²) >= 11 is 0. The van der Waals surface area contributed by atoms with Crippen molar-refractivity contribution in [1.82, 2.24) is 0 Å². The second kappa shape index (κ2) is 9.26. The SMILES string of the molecule is CCCOC(=O)/C=C\CCCC1CCCCC1. The van der Waals surface area contributed by atoms with Crippen LogP contribution in [0, 0.1) is 5.92 Å². The number of unbranched alkanes of at least 4 members (excludes halogenated alkanes) is 1. The van der Waals surface area contributed by atoms with E-state index in [4.69, 9.17) is 4.74 Å². The third-order valence-corrected chi connectivity index (χ3v) is 3.41. The first-order valence-electron chi connectivity index (χ1n) is 7.16. The van der Waals surface area contributed by atoms with Gasteiger partial charge >= 0.3 is 5.97 Å². The quantitative estimate of drug-likeness (QED) is 0.376. The standard InChI is InChI=1S/C15H26O2/c1-2-13-17-15(16)12-8-4-7-11-14-9-5-3-6-10-14/h8,12,14H,2-7,9-11,13H2,1H3/b12-8-. The van der Waals surface area contributed by atoms with Crippen molar-refractivity contribution >= 4 is 5.97 Å². The van der Waals surface area contributed by atoms with Gasteiger partial charge in [0.2, 0.25) is 0 Å². The molecule has 0 saturated heterocycles. The summed E-state index contributed by atoms with van der Waals surface area (Å²) in [6, 6.07) is 0. The predicted octanol–water partition coefficient (Wildman–Crippen LogP) is 4.25. The van der Waals surface area contributed by atoms with Crippen LogP contribution in [0.5, 0.6) is 0 Å². The Morgan fingerprint density at radius 3 is 2.76 bits per heavy atom. The van der Waals surface area contributed by atoms with Crippen molar-refractivity contribution in [2.75, 3.05) is 6.61 Å². The summed E-state index contributed by atoms with van der Waals surface area (Å²) in [5.41, 5.74) is 0. The highest BCUT2D eigenvalue weighted by molar-refractivity contribution is 5.81. The molecule has 1 aliphatic rings. The summed E-state index contributed by atoms with van der Waals surface area (Å²) in [5, 5.41) is 0. The molecule has 0 atom stereocenters. The van der Waals surface area contributed by atoms with Crippen LogP contribution in [0.25, 0.3) is 0 Å². The van der Waals surface area contributed by atoms with Gasteiger partial charge in [-0.05, 0) is 25.2 Å². The molecule has 0 unspecified atom stereocenters. The zero-order valence-corrected chi connectivity index (χ0v) is 11.1. The third-order valence-electron chi connectivity index (χ3n) is 3.41. The van der Waals surface area contributed by atoms with E-state index in [-0.39, 0.29) is 5.97 Å². The Labute approximate surface area is 105 Å². The van der Waals surface area contributed by atoms with E-state index in [9.17, 15) is 4.79 Å². The molecule has 0 aliphatic heterocycles. The molecular weight excluding hydrogens is 212 g/mol. The fraction of sp³-hybridized carbons (Fsp3) is 0.800. The Morgan fingerprint density at radius 2 is 2.06 bits per heavy atom. The number of ether oxygens (including phenoxy) is 1. The van der Waals surface area contributed by atoms with E-state index in [1.54, 1.807) is 6.08 Å². The summed E-state index contributed by atoms with van der Waals surface area (Å²) < 4.78 is 4.96. The molecule has 17 heavy (non-hydrogen) atoms. The Morgan fingerprint density at radius 1 is 1.29 bits per heavy atom. The van der Waals surface area contributed by atoms with Crippen molar-refractivity contribution in [1.29, 1.82) is 0 Å². The molecule has 0 N–H and O–H groups in total. The van der Waals surface area contributed by atoms with Crippen molar-refractivity contribution < 1.29 is 9.53 Å². The number of esters is 1. The average molecular weight is 238 g/mol. The summed E-state index contributed by atoms with van der Waals surface area (Å²) in [6.07, 6.45) is 15.1. The van der Waals surface area contributed by atoms with Gasteiger partial charge in [0, 0.05) is 6.08 Å². The van der Waals surface area contributed by atoms with Crippen LogP contribution in [-0.2, 0) is 9.53 Å². The van der Waals surface area contributed by atoms with Crippen LogP contribution < -0.4 is 0 Å². The highest BCUT2D eigenvalue weighted by atomic mass is 16.5. The Bertz CT molecular complexity index is 227. The van der Waals surface area contributed by atoms with Gasteiger partial charge in [-0.1, -0.05) is 51.5 Å². The molecule has 1 rings (SSSR count). The van der Waals surface area contributed by atoms with E-state index >= 15 is 0 Å². The van der Waals surface area contributed by atoms with Crippen molar-refractivity contribution in [2.24, 2.45) is 5.92 Å². The van der Waals surface area contributed by atoms with Gasteiger partial charge in [0.1, 0.15) is 0 Å². The summed E-state index contributed by atoms with van der Waals surface area (Å²) in [7, 11) is 0. The highest BCUT2D eigenvalue weighted by Crippen LogP contribution is 2.27. The lowest BCUT2D eigenvalue weighted by Gasteiger charge is -2.20. The molecule has 2 heteroatoms. The molecule has 0 bridgehead atoms. The van der Waals surface area contributed by atoms with E-state index in [2.05, 4.69) is 0 Å². The molecule has 0 spiro atoms. The maximum absolute atomic E-state index is 11.2. The first-order valence-corrected chi connectivity index (χ1v) is 7.16. The zero-order valence-electron chi connectivity index (χ0n) is 11.1. The number of carbonyl (C=O) groups excluding carboxylic acids is 1. The number of hydrogen-bond donors (Lipinski definition) is 0. The average Bonchev–Trinajstić information content (AvgIpc) is 2.37. The van der Waals surface area contributed by atoms with Gasteiger partial charge in [-0.2, -0.15) is 0 Å². The predicted molar refractivity (Wildman–Crippen MR) is 70.8 cm³/mol. The van der Waals surface area contributed by atoms with Gasteiger partial charge < -0.3 is 4.74 Å². The molecule has 0 amide bonds. The fourth-order valence-corrected chi connectivity index (χ4v) is 2.43. The molecular formula is C15H26O2. The van der Waals surface area contributed by atoms with E-state index in [1.165, 1.54) is 44.9 Å². The molecule has 2 nitrogen and oxygen atoms in total. The first-order chi connectivity index (χ1) is 8.33. The van der Waals surface area contributed by atoms with Gasteiger partial charge in [0.15, 0.2) is 0 Å². The molecule has 0 aromatic heterocycles. The highest BCUT2D eigenvalue weighted by Gasteiger charge is 2.11. The molecule has 98 valence electrons. The van der Waals surface area contributed by atoms with Crippen molar-refractivity contribution in [3.63, 3.8) is 0 Å². The molecule has 1 saturated carbocycles. The van der Waals surface area contributed by atoms with Crippen molar-refractivity contribution in [2.45, 2.75) is 64.7 Å². The van der Waals surface area contributed by atoms with E-state index in [0.29, 0.717) is 6.61 Å². The first kappa shape index (κ1) is 14.3. The normalized spacial score (nSPS) is 17.5. The Kier molecular flexibility index (Phi) is 7.78. The van der Waals surface area contributed by atoms with Crippen LogP contribution in [0.15, 0.2) is 12.2 Å². The van der Waals surface area contributed by atoms with Gasteiger partial charge in [-0.3, -0.25) is 0 Å². The van der Waals surface area contributed by atoms with Crippen LogP contribution in [0.4, 0.5) is 0 Å². The minimum atomic E-state index is -0.190. The van der Waals surface area contributed by atoms with Crippen LogP contribution in [-0.4, -0.2) is 12.6 Å². The van der Waals surface area contributed by atoms with Gasteiger partial charge in [-0.25, -0.2) is 4.79 Å². The smallest absolute Gasteiger partial charge is 0.330 e. The van der Waals surface area contributed by atoms with Gasteiger partial charge in [-0.15, -0.1) is 0 Å². The maximum Gasteiger partial charge on any atom is 0.330 e. The van der Waals surface area contributed by atoms with Crippen molar-refractivity contribution in [3.8, 4) is 0 Å². The lowest BCUT2D eigenvalue weighted by Crippen LogP contribution is -2.05. The molecule has 1 aliphatic carbocycles. The summed E-state index contributed by atoms with van der Waals surface area (Å²) in [4.78, 5) is 11.2. The largest absolute Gasteiger partial charge is 0.463 e. The van der Waals surface area contributed by atoms with Crippen LogP contribution in [0.2, 0.25) is 0 Å². The van der Waals surface area contributed by atoms with Gasteiger partial charge in [0.05, 0.1) is 6.61 Å². The van der Waals surface area contributed by atoms with Crippen LogP contribution in [0.3, 0.4) is 0 Å². The van der Waals surface area contributed by atoms with Crippen molar-refractivity contribution in [3.05, 3.63) is 12.2 Å². The summed E-state index contributed by atoms with van der Waals surface area (Å²) in [5.74, 6) is 0.758. The minimum absolute atomic E-state index is 0.190. The molecule has 0 heterocycles. The zero-order chi connectivity index (χ0) is 12.3. The second-order valence-electron chi connectivity index (χ2n) is 5.00. The topological polar surface area (TPSA) is 26.3 Å². The van der Waals surface area contributed by atoms with Crippen LogP contribution >= 0.6 is 0 Å². The molecule has 0 aromatic rings. The van der Waals surface area contributed by atoms with Gasteiger partial charge in [0.25, 0.3) is 0 Å². The lowest BCUT2D eigenvalue weighted by molar-refractivity contribution is -0.137.